The minimum absolute atomic E-state index is 0. The van der Waals surface area contributed by atoms with Crippen LogP contribution in [0.5, 0.6) is 5.75 Å². The van der Waals surface area contributed by atoms with Crippen LogP contribution in [0.2, 0.25) is 0 Å². The minimum atomic E-state index is 0. The number of methoxy groups -OCH3 is 1. The van der Waals surface area contributed by atoms with Gasteiger partial charge >= 0.3 is 0 Å². The summed E-state index contributed by atoms with van der Waals surface area (Å²) < 4.78 is 5.47. The van der Waals surface area contributed by atoms with Crippen LogP contribution in [0.3, 0.4) is 0 Å². The van der Waals surface area contributed by atoms with Gasteiger partial charge in [-0.05, 0) is 31.2 Å². The molecule has 0 radical (unpaired) electrons. The lowest BCUT2D eigenvalue weighted by molar-refractivity contribution is -0.132. The number of piperazine rings is 1. The molecule has 2 aromatic rings. The summed E-state index contributed by atoms with van der Waals surface area (Å²) >= 11 is 0. The summed E-state index contributed by atoms with van der Waals surface area (Å²) in [6.07, 6.45) is 0.570. The van der Waals surface area contributed by atoms with Crippen molar-refractivity contribution in [1.29, 1.82) is 0 Å². The van der Waals surface area contributed by atoms with Gasteiger partial charge in [-0.25, -0.2) is 0 Å². The van der Waals surface area contributed by atoms with Crippen LogP contribution in [-0.2, 0) is 4.79 Å². The lowest BCUT2D eigenvalue weighted by Gasteiger charge is -2.29. The minimum Gasteiger partial charge on any atom is -0.496 e. The molecule has 1 amide bonds. The third-order valence-corrected chi connectivity index (χ3v) is 5.62. The molecule has 5 nitrogen and oxygen atoms in total. The first-order chi connectivity index (χ1) is 13.6. The summed E-state index contributed by atoms with van der Waals surface area (Å²) in [5.74, 6) is 1.14. The Morgan fingerprint density at radius 3 is 2.45 bits per heavy atom. The standard InChI is InChI=1S/C23H31N3O2.ClH/c1-18(25(2)15-12-23(27)26-16-13-24-14-17-26)19-8-10-20(11-9-19)21-6-4-5-7-22(21)28-3;/h4-11,18,24H,12-17H2,1-3H3;1H. The molecule has 6 heteroatoms. The van der Waals surface area contributed by atoms with Crippen LogP contribution in [0.4, 0.5) is 0 Å². The number of hydrogen-bond acceptors (Lipinski definition) is 4. The van der Waals surface area contributed by atoms with Crippen molar-refractivity contribution in [3.63, 3.8) is 0 Å². The topological polar surface area (TPSA) is 44.8 Å². The third-order valence-electron chi connectivity index (χ3n) is 5.62. The van der Waals surface area contributed by atoms with E-state index in [-0.39, 0.29) is 24.4 Å². The second-order valence-corrected chi connectivity index (χ2v) is 7.36. The molecule has 0 saturated carbocycles. The van der Waals surface area contributed by atoms with Gasteiger partial charge in [0.25, 0.3) is 0 Å². The fourth-order valence-electron chi connectivity index (χ4n) is 3.62. The van der Waals surface area contributed by atoms with E-state index in [0.717, 1.165) is 49.6 Å². The molecule has 1 aliphatic heterocycles. The highest BCUT2D eigenvalue weighted by molar-refractivity contribution is 5.85. The lowest BCUT2D eigenvalue weighted by atomic mass is 10.00. The van der Waals surface area contributed by atoms with Crippen molar-refractivity contribution < 1.29 is 9.53 Å². The summed E-state index contributed by atoms with van der Waals surface area (Å²) in [6, 6.07) is 16.9. The Balaban J connectivity index is 0.00000300. The van der Waals surface area contributed by atoms with Crippen LogP contribution in [0.15, 0.2) is 48.5 Å². The van der Waals surface area contributed by atoms with Gasteiger partial charge in [0.2, 0.25) is 5.91 Å². The fourth-order valence-corrected chi connectivity index (χ4v) is 3.62. The first kappa shape index (κ1) is 23.2. The molecular formula is C23H32ClN3O2. The Bertz CT molecular complexity index is 776. The Hall–Kier alpha value is -2.08. The van der Waals surface area contributed by atoms with Gasteiger partial charge < -0.3 is 15.0 Å². The van der Waals surface area contributed by atoms with Crippen molar-refractivity contribution in [2.24, 2.45) is 0 Å². The molecule has 1 atom stereocenters. The molecule has 1 saturated heterocycles. The highest BCUT2D eigenvalue weighted by Gasteiger charge is 2.18. The van der Waals surface area contributed by atoms with Gasteiger partial charge in [-0.15, -0.1) is 12.4 Å². The number of para-hydroxylation sites is 1. The van der Waals surface area contributed by atoms with E-state index in [1.54, 1.807) is 7.11 Å². The number of amides is 1. The van der Waals surface area contributed by atoms with Crippen LogP contribution in [0.25, 0.3) is 11.1 Å². The van der Waals surface area contributed by atoms with Crippen LogP contribution >= 0.6 is 12.4 Å². The van der Waals surface area contributed by atoms with Gasteiger partial charge in [-0.2, -0.15) is 0 Å². The molecule has 158 valence electrons. The molecule has 1 heterocycles. The number of carbonyl (C=O) groups is 1. The molecular weight excluding hydrogens is 386 g/mol. The Morgan fingerprint density at radius 1 is 1.14 bits per heavy atom. The smallest absolute Gasteiger partial charge is 0.223 e. The van der Waals surface area contributed by atoms with Gasteiger partial charge in [0.05, 0.1) is 7.11 Å². The third kappa shape index (κ3) is 5.95. The highest BCUT2D eigenvalue weighted by Crippen LogP contribution is 2.30. The number of halogens is 1. The second-order valence-electron chi connectivity index (χ2n) is 7.36. The first-order valence-electron chi connectivity index (χ1n) is 10.0. The molecule has 0 aromatic heterocycles. The second kappa shape index (κ2) is 11.2. The predicted octanol–water partition coefficient (Wildman–Crippen LogP) is 3.60. The van der Waals surface area contributed by atoms with E-state index < -0.39 is 0 Å². The van der Waals surface area contributed by atoms with Gasteiger partial charge in [0, 0.05) is 50.7 Å². The van der Waals surface area contributed by atoms with Gasteiger partial charge in [0.15, 0.2) is 0 Å². The normalized spacial score (nSPS) is 15.0. The molecule has 29 heavy (non-hydrogen) atoms. The molecule has 2 aromatic carbocycles. The van der Waals surface area contributed by atoms with Crippen LogP contribution in [-0.4, -0.2) is 62.6 Å². The zero-order chi connectivity index (χ0) is 19.9. The molecule has 1 fully saturated rings. The molecule has 1 aliphatic rings. The number of hydrogen-bond donors (Lipinski definition) is 1. The predicted molar refractivity (Wildman–Crippen MR) is 121 cm³/mol. The van der Waals surface area contributed by atoms with Crippen molar-refractivity contribution in [2.75, 3.05) is 46.9 Å². The number of rotatable bonds is 7. The average molecular weight is 418 g/mol. The van der Waals surface area contributed by atoms with Crippen molar-refractivity contribution >= 4 is 18.3 Å². The van der Waals surface area contributed by atoms with Crippen molar-refractivity contribution in [3.05, 3.63) is 54.1 Å². The van der Waals surface area contributed by atoms with E-state index in [1.807, 2.05) is 23.1 Å². The summed E-state index contributed by atoms with van der Waals surface area (Å²) in [5.41, 5.74) is 3.49. The number of nitrogens with one attached hydrogen (secondary N) is 1. The Kier molecular flexibility index (Phi) is 8.96. The summed E-state index contributed by atoms with van der Waals surface area (Å²) in [7, 11) is 3.79. The number of ether oxygens (including phenoxy) is 1. The zero-order valence-electron chi connectivity index (χ0n) is 17.6. The number of nitrogens with zero attached hydrogens (tertiary/aromatic N) is 2. The number of benzene rings is 2. The quantitative estimate of drug-likeness (QED) is 0.747. The monoisotopic (exact) mass is 417 g/mol. The fraction of sp³-hybridized carbons (Fsp3) is 0.435. The summed E-state index contributed by atoms with van der Waals surface area (Å²) in [4.78, 5) is 16.6. The van der Waals surface area contributed by atoms with Crippen LogP contribution < -0.4 is 10.1 Å². The van der Waals surface area contributed by atoms with Gasteiger partial charge in [0.1, 0.15) is 5.75 Å². The molecule has 0 bridgehead atoms. The maximum atomic E-state index is 12.4. The Morgan fingerprint density at radius 2 is 1.79 bits per heavy atom. The van der Waals surface area contributed by atoms with E-state index in [1.165, 1.54) is 5.56 Å². The first-order valence-corrected chi connectivity index (χ1v) is 10.0. The summed E-state index contributed by atoms with van der Waals surface area (Å²) in [5, 5.41) is 3.29. The van der Waals surface area contributed by atoms with Gasteiger partial charge in [-0.1, -0.05) is 42.5 Å². The molecule has 1 N–H and O–H groups in total. The van der Waals surface area contributed by atoms with E-state index in [0.29, 0.717) is 6.42 Å². The number of carbonyl (C=O) groups excluding carboxylic acids is 1. The van der Waals surface area contributed by atoms with Crippen molar-refractivity contribution in [1.82, 2.24) is 15.1 Å². The maximum absolute atomic E-state index is 12.4. The molecule has 0 aliphatic carbocycles. The lowest BCUT2D eigenvalue weighted by Crippen LogP contribution is -2.47. The SMILES string of the molecule is COc1ccccc1-c1ccc(C(C)N(C)CCC(=O)N2CCNCC2)cc1.Cl. The van der Waals surface area contributed by atoms with Crippen molar-refractivity contribution in [2.45, 2.75) is 19.4 Å². The molecule has 3 rings (SSSR count). The van der Waals surface area contributed by atoms with E-state index >= 15 is 0 Å². The average Bonchev–Trinajstić information content (AvgIpc) is 2.77. The largest absolute Gasteiger partial charge is 0.496 e. The van der Waals surface area contributed by atoms with Crippen LogP contribution in [0, 0.1) is 0 Å². The van der Waals surface area contributed by atoms with Crippen molar-refractivity contribution in [3.8, 4) is 16.9 Å². The maximum Gasteiger partial charge on any atom is 0.223 e. The highest BCUT2D eigenvalue weighted by atomic mass is 35.5. The zero-order valence-corrected chi connectivity index (χ0v) is 18.4. The Labute approximate surface area is 180 Å². The summed E-state index contributed by atoms with van der Waals surface area (Å²) in [6.45, 7) is 6.39. The van der Waals surface area contributed by atoms with Crippen LogP contribution in [0.1, 0.15) is 24.9 Å². The van der Waals surface area contributed by atoms with E-state index in [2.05, 4.69) is 54.5 Å². The van der Waals surface area contributed by atoms with E-state index in [9.17, 15) is 4.79 Å². The van der Waals surface area contributed by atoms with E-state index in [4.69, 9.17) is 4.74 Å². The molecule has 1 unspecified atom stereocenters. The van der Waals surface area contributed by atoms with Gasteiger partial charge in [-0.3, -0.25) is 9.69 Å². The molecule has 0 spiro atoms.